The molecule has 0 fully saturated rings. The standard InChI is InChI=1S/C22H15ClF3NO3/c23-16-11-9-15(10-12-16)21(29)30-19-17(7-4-8-18(19)22(24,25)26)20(28)27-13-14-5-2-1-3-6-14/h1-12H,13H2,(H,27,28). The third-order valence-corrected chi connectivity index (χ3v) is 4.39. The third-order valence-electron chi connectivity index (χ3n) is 4.14. The van der Waals surface area contributed by atoms with E-state index in [0.29, 0.717) is 5.02 Å². The van der Waals surface area contributed by atoms with E-state index in [1.165, 1.54) is 30.3 Å². The lowest BCUT2D eigenvalue weighted by atomic mass is 10.1. The van der Waals surface area contributed by atoms with Crippen molar-refractivity contribution in [2.45, 2.75) is 12.7 Å². The molecule has 0 spiro atoms. The SMILES string of the molecule is O=C(Oc1c(C(=O)NCc2ccccc2)cccc1C(F)(F)F)c1ccc(Cl)cc1. The summed E-state index contributed by atoms with van der Waals surface area (Å²) >= 11 is 5.76. The van der Waals surface area contributed by atoms with Crippen molar-refractivity contribution in [2.24, 2.45) is 0 Å². The van der Waals surface area contributed by atoms with Gasteiger partial charge in [0.15, 0.2) is 5.75 Å². The van der Waals surface area contributed by atoms with Crippen LogP contribution in [0.1, 0.15) is 31.8 Å². The average molecular weight is 434 g/mol. The van der Waals surface area contributed by atoms with Crippen LogP contribution < -0.4 is 10.1 Å². The molecule has 0 aliphatic rings. The summed E-state index contributed by atoms with van der Waals surface area (Å²) in [6.07, 6.45) is -4.83. The molecule has 0 saturated carbocycles. The fourth-order valence-electron chi connectivity index (χ4n) is 2.66. The first-order valence-corrected chi connectivity index (χ1v) is 9.13. The van der Waals surface area contributed by atoms with Gasteiger partial charge in [-0.3, -0.25) is 4.79 Å². The van der Waals surface area contributed by atoms with E-state index < -0.39 is 34.9 Å². The summed E-state index contributed by atoms with van der Waals surface area (Å²) in [5.74, 6) is -2.69. The molecule has 30 heavy (non-hydrogen) atoms. The van der Waals surface area contributed by atoms with Gasteiger partial charge in [-0.05, 0) is 42.0 Å². The molecule has 0 unspecified atom stereocenters. The van der Waals surface area contributed by atoms with Crippen LogP contribution in [0.4, 0.5) is 13.2 Å². The molecule has 154 valence electrons. The monoisotopic (exact) mass is 433 g/mol. The molecule has 3 aromatic carbocycles. The molecule has 0 saturated heterocycles. The topological polar surface area (TPSA) is 55.4 Å². The van der Waals surface area contributed by atoms with Crippen molar-refractivity contribution in [1.29, 1.82) is 0 Å². The Bertz CT molecular complexity index is 1050. The molecule has 0 bridgehead atoms. The molecule has 3 rings (SSSR count). The number of carbonyl (C=O) groups excluding carboxylic acids is 2. The van der Waals surface area contributed by atoms with Crippen LogP contribution in [0.5, 0.6) is 5.75 Å². The van der Waals surface area contributed by atoms with Crippen LogP contribution in [-0.2, 0) is 12.7 Å². The Balaban J connectivity index is 1.91. The van der Waals surface area contributed by atoms with Gasteiger partial charge in [-0.1, -0.05) is 48.0 Å². The van der Waals surface area contributed by atoms with E-state index in [-0.39, 0.29) is 12.1 Å². The predicted octanol–water partition coefficient (Wildman–Crippen LogP) is 5.51. The normalized spacial score (nSPS) is 11.1. The van der Waals surface area contributed by atoms with Gasteiger partial charge in [-0.2, -0.15) is 13.2 Å². The molecular formula is C22H15ClF3NO3. The van der Waals surface area contributed by atoms with Crippen molar-refractivity contribution in [3.8, 4) is 5.75 Å². The van der Waals surface area contributed by atoms with E-state index in [4.69, 9.17) is 16.3 Å². The number of carbonyl (C=O) groups is 2. The van der Waals surface area contributed by atoms with Crippen LogP contribution in [0, 0.1) is 0 Å². The summed E-state index contributed by atoms with van der Waals surface area (Å²) in [6, 6.07) is 17.3. The summed E-state index contributed by atoms with van der Waals surface area (Å²) in [5.41, 5.74) is -0.871. The van der Waals surface area contributed by atoms with Crippen molar-refractivity contribution >= 4 is 23.5 Å². The molecule has 0 heterocycles. The number of alkyl halides is 3. The lowest BCUT2D eigenvalue weighted by Crippen LogP contribution is -2.25. The fraction of sp³-hybridized carbons (Fsp3) is 0.0909. The van der Waals surface area contributed by atoms with Gasteiger partial charge in [0.1, 0.15) is 0 Å². The average Bonchev–Trinajstić information content (AvgIpc) is 2.72. The van der Waals surface area contributed by atoms with Crippen molar-refractivity contribution in [3.63, 3.8) is 0 Å². The molecule has 1 N–H and O–H groups in total. The fourth-order valence-corrected chi connectivity index (χ4v) is 2.79. The zero-order valence-corrected chi connectivity index (χ0v) is 16.1. The minimum Gasteiger partial charge on any atom is -0.421 e. The number of esters is 1. The minimum absolute atomic E-state index is 0.00739. The van der Waals surface area contributed by atoms with Crippen LogP contribution in [0.25, 0.3) is 0 Å². The molecular weight excluding hydrogens is 419 g/mol. The van der Waals surface area contributed by atoms with E-state index in [1.54, 1.807) is 30.3 Å². The number of amides is 1. The molecule has 0 radical (unpaired) electrons. The molecule has 8 heteroatoms. The molecule has 1 amide bonds. The maximum Gasteiger partial charge on any atom is 0.420 e. The highest BCUT2D eigenvalue weighted by Crippen LogP contribution is 2.38. The number of nitrogens with one attached hydrogen (secondary N) is 1. The number of para-hydroxylation sites is 1. The highest BCUT2D eigenvalue weighted by atomic mass is 35.5. The minimum atomic E-state index is -4.83. The lowest BCUT2D eigenvalue weighted by Gasteiger charge is -2.16. The van der Waals surface area contributed by atoms with Crippen LogP contribution in [-0.4, -0.2) is 11.9 Å². The highest BCUT2D eigenvalue weighted by molar-refractivity contribution is 6.30. The van der Waals surface area contributed by atoms with Crippen LogP contribution in [0.3, 0.4) is 0 Å². The molecule has 0 aromatic heterocycles. The van der Waals surface area contributed by atoms with Gasteiger partial charge in [-0.25, -0.2) is 4.79 Å². The van der Waals surface area contributed by atoms with E-state index in [1.807, 2.05) is 0 Å². The second-order valence-corrected chi connectivity index (χ2v) is 6.68. The first kappa shape index (κ1) is 21.4. The van der Waals surface area contributed by atoms with Crippen LogP contribution >= 0.6 is 11.6 Å². The van der Waals surface area contributed by atoms with E-state index in [2.05, 4.69) is 5.32 Å². The van der Waals surface area contributed by atoms with Gasteiger partial charge in [0.2, 0.25) is 0 Å². The Morgan fingerprint density at radius 2 is 1.57 bits per heavy atom. The van der Waals surface area contributed by atoms with Crippen molar-refractivity contribution in [3.05, 3.63) is 100 Å². The zero-order valence-electron chi connectivity index (χ0n) is 15.4. The van der Waals surface area contributed by atoms with Crippen molar-refractivity contribution < 1.29 is 27.5 Å². The van der Waals surface area contributed by atoms with Gasteiger partial charge >= 0.3 is 12.1 Å². The number of halogens is 4. The molecule has 4 nitrogen and oxygen atoms in total. The summed E-state index contributed by atoms with van der Waals surface area (Å²) in [5, 5.41) is 2.89. The van der Waals surface area contributed by atoms with E-state index in [9.17, 15) is 22.8 Å². The summed E-state index contributed by atoms with van der Waals surface area (Å²) in [7, 11) is 0. The number of hydrogen-bond donors (Lipinski definition) is 1. The van der Waals surface area contributed by atoms with Gasteiger partial charge in [0.05, 0.1) is 16.7 Å². The Morgan fingerprint density at radius 1 is 0.900 bits per heavy atom. The molecule has 0 aliphatic carbocycles. The van der Waals surface area contributed by atoms with Crippen molar-refractivity contribution in [2.75, 3.05) is 0 Å². The predicted molar refractivity (Wildman–Crippen MR) is 105 cm³/mol. The second kappa shape index (κ2) is 9.00. The Labute approximate surface area is 175 Å². The van der Waals surface area contributed by atoms with Gasteiger partial charge in [-0.15, -0.1) is 0 Å². The van der Waals surface area contributed by atoms with Gasteiger partial charge < -0.3 is 10.1 Å². The lowest BCUT2D eigenvalue weighted by molar-refractivity contribution is -0.138. The first-order chi connectivity index (χ1) is 14.3. The summed E-state index contributed by atoms with van der Waals surface area (Å²) in [4.78, 5) is 25.0. The number of hydrogen-bond acceptors (Lipinski definition) is 3. The van der Waals surface area contributed by atoms with E-state index >= 15 is 0 Å². The molecule has 3 aromatic rings. The first-order valence-electron chi connectivity index (χ1n) is 8.76. The quantitative estimate of drug-likeness (QED) is 0.426. The zero-order chi connectivity index (χ0) is 21.7. The van der Waals surface area contributed by atoms with E-state index in [0.717, 1.165) is 17.7 Å². The third kappa shape index (κ3) is 5.18. The highest BCUT2D eigenvalue weighted by Gasteiger charge is 2.37. The Morgan fingerprint density at radius 3 is 2.20 bits per heavy atom. The second-order valence-electron chi connectivity index (χ2n) is 6.24. The smallest absolute Gasteiger partial charge is 0.420 e. The van der Waals surface area contributed by atoms with Gasteiger partial charge in [0.25, 0.3) is 5.91 Å². The largest absolute Gasteiger partial charge is 0.421 e. The number of rotatable bonds is 5. The van der Waals surface area contributed by atoms with Gasteiger partial charge in [0, 0.05) is 11.6 Å². The molecule has 0 aliphatic heterocycles. The molecule has 0 atom stereocenters. The maximum absolute atomic E-state index is 13.5. The Hall–Kier alpha value is -3.32. The van der Waals surface area contributed by atoms with Crippen molar-refractivity contribution in [1.82, 2.24) is 5.32 Å². The summed E-state index contributed by atoms with van der Waals surface area (Å²) < 4.78 is 45.6. The summed E-state index contributed by atoms with van der Waals surface area (Å²) in [6.45, 7) is 0.0977. The maximum atomic E-state index is 13.5. The van der Waals surface area contributed by atoms with Crippen LogP contribution in [0.2, 0.25) is 5.02 Å². The Kier molecular flexibility index (Phi) is 6.42. The van der Waals surface area contributed by atoms with Crippen LogP contribution in [0.15, 0.2) is 72.8 Å². The number of benzene rings is 3. The number of ether oxygens (including phenoxy) is 1.